The van der Waals surface area contributed by atoms with E-state index in [4.69, 9.17) is 10.2 Å². The maximum atomic E-state index is 13.8. The second-order valence-corrected chi connectivity index (χ2v) is 4.55. The quantitative estimate of drug-likeness (QED) is 0.795. The molecule has 3 aromatic rings. The van der Waals surface area contributed by atoms with Gasteiger partial charge in [0.25, 0.3) is 0 Å². The highest BCUT2D eigenvalue weighted by Crippen LogP contribution is 2.16. The molecule has 5 heteroatoms. The Kier molecular flexibility index (Phi) is 3.12. The third-order valence-corrected chi connectivity index (χ3v) is 3.25. The number of halogens is 1. The first-order valence-electron chi connectivity index (χ1n) is 6.25. The zero-order valence-electron chi connectivity index (χ0n) is 10.7. The SMILES string of the molecule is NCc1ccc(F)c(Cn2c(=O)oc3ccccc32)c1. The molecule has 3 rings (SSSR count). The van der Waals surface area contributed by atoms with Gasteiger partial charge in [0.15, 0.2) is 5.58 Å². The van der Waals surface area contributed by atoms with Crippen LogP contribution in [0, 0.1) is 5.82 Å². The van der Waals surface area contributed by atoms with E-state index in [-0.39, 0.29) is 12.4 Å². The second-order valence-electron chi connectivity index (χ2n) is 4.55. The minimum atomic E-state index is -0.497. The third-order valence-electron chi connectivity index (χ3n) is 3.25. The van der Waals surface area contributed by atoms with Gasteiger partial charge in [0, 0.05) is 12.1 Å². The van der Waals surface area contributed by atoms with Gasteiger partial charge < -0.3 is 10.2 Å². The van der Waals surface area contributed by atoms with Gasteiger partial charge in [-0.3, -0.25) is 4.57 Å². The van der Waals surface area contributed by atoms with Crippen LogP contribution in [0.15, 0.2) is 51.7 Å². The lowest BCUT2D eigenvalue weighted by atomic mass is 10.1. The van der Waals surface area contributed by atoms with Crippen molar-refractivity contribution in [3.63, 3.8) is 0 Å². The molecule has 20 heavy (non-hydrogen) atoms. The summed E-state index contributed by atoms with van der Waals surface area (Å²) >= 11 is 0. The van der Waals surface area contributed by atoms with E-state index in [1.54, 1.807) is 36.4 Å². The molecule has 0 saturated carbocycles. The van der Waals surface area contributed by atoms with Crippen molar-refractivity contribution in [1.29, 1.82) is 0 Å². The number of nitrogens with zero attached hydrogens (tertiary/aromatic N) is 1. The van der Waals surface area contributed by atoms with Gasteiger partial charge in [-0.1, -0.05) is 18.2 Å². The molecular formula is C15H13FN2O2. The molecule has 0 spiro atoms. The van der Waals surface area contributed by atoms with Crippen LogP contribution in [0.4, 0.5) is 4.39 Å². The molecule has 1 heterocycles. The molecule has 1 aromatic heterocycles. The number of oxazole rings is 1. The number of para-hydroxylation sites is 2. The van der Waals surface area contributed by atoms with Gasteiger partial charge in [-0.25, -0.2) is 9.18 Å². The Labute approximate surface area is 114 Å². The predicted octanol–water partition coefficient (Wildman–Crippen LogP) is 2.24. The van der Waals surface area contributed by atoms with E-state index in [9.17, 15) is 9.18 Å². The average Bonchev–Trinajstić information content (AvgIpc) is 2.77. The van der Waals surface area contributed by atoms with Crippen molar-refractivity contribution in [1.82, 2.24) is 4.57 Å². The molecule has 2 N–H and O–H groups in total. The van der Waals surface area contributed by atoms with Gasteiger partial charge in [-0.2, -0.15) is 0 Å². The molecule has 4 nitrogen and oxygen atoms in total. The average molecular weight is 272 g/mol. The van der Waals surface area contributed by atoms with Crippen molar-refractivity contribution in [3.05, 3.63) is 70.0 Å². The maximum Gasteiger partial charge on any atom is 0.420 e. The zero-order valence-corrected chi connectivity index (χ0v) is 10.7. The van der Waals surface area contributed by atoms with Crippen molar-refractivity contribution in [2.75, 3.05) is 0 Å². The molecule has 0 saturated heterocycles. The first-order chi connectivity index (χ1) is 9.69. The van der Waals surface area contributed by atoms with Crippen LogP contribution in [0.5, 0.6) is 0 Å². The van der Waals surface area contributed by atoms with Crippen LogP contribution in [0.2, 0.25) is 0 Å². The van der Waals surface area contributed by atoms with Crippen molar-refractivity contribution in [2.24, 2.45) is 5.73 Å². The summed E-state index contributed by atoms with van der Waals surface area (Å²) in [6, 6.07) is 11.7. The molecule has 102 valence electrons. The second kappa shape index (κ2) is 4.94. The Morgan fingerprint density at radius 3 is 2.80 bits per heavy atom. The minimum absolute atomic E-state index is 0.121. The van der Waals surface area contributed by atoms with E-state index in [1.165, 1.54) is 10.6 Å². The molecule has 0 radical (unpaired) electrons. The Morgan fingerprint density at radius 2 is 2.00 bits per heavy atom. The minimum Gasteiger partial charge on any atom is -0.408 e. The van der Waals surface area contributed by atoms with E-state index in [2.05, 4.69) is 0 Å². The molecule has 0 atom stereocenters. The summed E-state index contributed by atoms with van der Waals surface area (Å²) in [6.07, 6.45) is 0. The lowest BCUT2D eigenvalue weighted by Gasteiger charge is -2.06. The number of rotatable bonds is 3. The largest absolute Gasteiger partial charge is 0.420 e. The Hall–Kier alpha value is -2.40. The molecule has 0 aliphatic carbocycles. The van der Waals surface area contributed by atoms with Crippen LogP contribution in [0.3, 0.4) is 0 Å². The fourth-order valence-corrected chi connectivity index (χ4v) is 2.21. The fourth-order valence-electron chi connectivity index (χ4n) is 2.21. The molecule has 0 unspecified atom stereocenters. The summed E-state index contributed by atoms with van der Waals surface area (Å²) in [4.78, 5) is 11.9. The van der Waals surface area contributed by atoms with E-state index in [1.807, 2.05) is 0 Å². The lowest BCUT2D eigenvalue weighted by Crippen LogP contribution is -2.16. The van der Waals surface area contributed by atoms with Gasteiger partial charge in [0.05, 0.1) is 12.1 Å². The lowest BCUT2D eigenvalue weighted by molar-refractivity contribution is 0.512. The van der Waals surface area contributed by atoms with Crippen molar-refractivity contribution >= 4 is 11.1 Å². The number of aromatic nitrogens is 1. The molecular weight excluding hydrogens is 259 g/mol. The number of fused-ring (bicyclic) bond motifs is 1. The third kappa shape index (κ3) is 2.12. The normalized spacial score (nSPS) is 11.1. The molecule has 0 fully saturated rings. The van der Waals surface area contributed by atoms with Gasteiger partial charge in [0.2, 0.25) is 0 Å². The number of nitrogens with two attached hydrogens (primary N) is 1. The van der Waals surface area contributed by atoms with Gasteiger partial charge in [0.1, 0.15) is 5.82 Å². The summed E-state index contributed by atoms with van der Waals surface area (Å²) in [6.45, 7) is 0.448. The topological polar surface area (TPSA) is 61.2 Å². The number of benzene rings is 2. The Bertz CT molecular complexity index is 820. The Morgan fingerprint density at radius 1 is 1.20 bits per heavy atom. The first-order valence-corrected chi connectivity index (χ1v) is 6.25. The van der Waals surface area contributed by atoms with Crippen molar-refractivity contribution in [3.8, 4) is 0 Å². The molecule has 0 amide bonds. The molecule has 2 aromatic carbocycles. The molecule has 0 aliphatic heterocycles. The van der Waals surface area contributed by atoms with Gasteiger partial charge >= 0.3 is 5.76 Å². The number of hydrogen-bond donors (Lipinski definition) is 1. The van der Waals surface area contributed by atoms with Crippen LogP contribution >= 0.6 is 0 Å². The van der Waals surface area contributed by atoms with Crippen molar-refractivity contribution < 1.29 is 8.81 Å². The predicted molar refractivity (Wildman–Crippen MR) is 73.9 cm³/mol. The zero-order chi connectivity index (χ0) is 14.1. The summed E-state index contributed by atoms with van der Waals surface area (Å²) in [5.41, 5.74) is 7.93. The van der Waals surface area contributed by atoms with Crippen LogP contribution in [-0.4, -0.2) is 4.57 Å². The van der Waals surface area contributed by atoms with E-state index >= 15 is 0 Å². The van der Waals surface area contributed by atoms with Gasteiger partial charge in [-0.05, 0) is 29.8 Å². The van der Waals surface area contributed by atoms with E-state index in [0.717, 1.165) is 5.56 Å². The fraction of sp³-hybridized carbons (Fsp3) is 0.133. The molecule has 0 bridgehead atoms. The van der Waals surface area contributed by atoms with Crippen molar-refractivity contribution in [2.45, 2.75) is 13.1 Å². The highest BCUT2D eigenvalue weighted by atomic mass is 19.1. The highest BCUT2D eigenvalue weighted by molar-refractivity contribution is 5.72. The van der Waals surface area contributed by atoms with E-state index in [0.29, 0.717) is 23.2 Å². The van der Waals surface area contributed by atoms with Crippen LogP contribution in [0.25, 0.3) is 11.1 Å². The van der Waals surface area contributed by atoms with Gasteiger partial charge in [-0.15, -0.1) is 0 Å². The monoisotopic (exact) mass is 272 g/mol. The van der Waals surface area contributed by atoms with Crippen LogP contribution in [0.1, 0.15) is 11.1 Å². The van der Waals surface area contributed by atoms with E-state index < -0.39 is 5.76 Å². The van der Waals surface area contributed by atoms with Crippen LogP contribution < -0.4 is 11.5 Å². The highest BCUT2D eigenvalue weighted by Gasteiger charge is 2.11. The van der Waals surface area contributed by atoms with Crippen LogP contribution in [-0.2, 0) is 13.1 Å². The Balaban J connectivity index is 2.09. The molecule has 0 aliphatic rings. The standard InChI is InChI=1S/C15H13FN2O2/c16-12-6-5-10(8-17)7-11(12)9-18-13-3-1-2-4-14(13)20-15(18)19/h1-7H,8-9,17H2. The summed E-state index contributed by atoms with van der Waals surface area (Å²) in [5, 5.41) is 0. The summed E-state index contributed by atoms with van der Waals surface area (Å²) in [5.74, 6) is -0.858. The smallest absolute Gasteiger partial charge is 0.408 e. The number of hydrogen-bond acceptors (Lipinski definition) is 3. The first kappa shape index (κ1) is 12.6. The maximum absolute atomic E-state index is 13.8. The summed E-state index contributed by atoms with van der Waals surface area (Å²) in [7, 11) is 0. The summed E-state index contributed by atoms with van der Waals surface area (Å²) < 4.78 is 20.4.